The minimum atomic E-state index is -1.04. The largest absolute Gasteiger partial charge is 0.480 e. The molecule has 15 heavy (non-hydrogen) atoms. The van der Waals surface area contributed by atoms with Crippen LogP contribution in [-0.4, -0.2) is 23.5 Å². The van der Waals surface area contributed by atoms with E-state index in [4.69, 9.17) is 5.11 Å². The fourth-order valence-electron chi connectivity index (χ4n) is 1.02. The highest BCUT2D eigenvalue weighted by atomic mass is 79.9. The van der Waals surface area contributed by atoms with Crippen LogP contribution in [0.4, 0.5) is 0 Å². The average Bonchev–Trinajstić information content (AvgIpc) is 2.19. The van der Waals surface area contributed by atoms with E-state index in [0.29, 0.717) is 0 Å². The molecule has 0 fully saturated rings. The van der Waals surface area contributed by atoms with Gasteiger partial charge in [-0.3, -0.25) is 9.59 Å². The Bertz CT molecular complexity index is 361. The monoisotopic (exact) mass is 271 g/mol. The van der Waals surface area contributed by atoms with Gasteiger partial charge in [-0.2, -0.15) is 0 Å². The number of hydrogen-bond acceptors (Lipinski definition) is 2. The van der Waals surface area contributed by atoms with Crippen LogP contribution in [0.15, 0.2) is 28.7 Å². The van der Waals surface area contributed by atoms with E-state index in [-0.39, 0.29) is 18.9 Å². The summed E-state index contributed by atoms with van der Waals surface area (Å²) in [6, 6.07) is 7.29. The van der Waals surface area contributed by atoms with Crippen LogP contribution in [-0.2, 0) is 16.0 Å². The maximum absolute atomic E-state index is 11.2. The summed E-state index contributed by atoms with van der Waals surface area (Å²) in [7, 11) is 0. The van der Waals surface area contributed by atoms with Crippen molar-refractivity contribution < 1.29 is 14.7 Å². The van der Waals surface area contributed by atoms with Crippen molar-refractivity contribution in [3.63, 3.8) is 0 Å². The highest BCUT2D eigenvalue weighted by molar-refractivity contribution is 9.10. The summed E-state index contributed by atoms with van der Waals surface area (Å²) in [6.07, 6.45) is 0.195. The molecular formula is C10H10BrNO3. The van der Waals surface area contributed by atoms with Crippen molar-refractivity contribution in [1.82, 2.24) is 5.32 Å². The standard InChI is InChI=1S/C10H10BrNO3/c11-8-3-1-7(2-4-8)5-9(13)12-6-10(14)15/h1-4H,5-6H2,(H,12,13)(H,14,15). The lowest BCUT2D eigenvalue weighted by molar-refractivity contribution is -0.137. The zero-order chi connectivity index (χ0) is 11.3. The predicted octanol–water partition coefficient (Wildman–Crippen LogP) is 1.19. The summed E-state index contributed by atoms with van der Waals surface area (Å²) in [4.78, 5) is 21.4. The van der Waals surface area contributed by atoms with Gasteiger partial charge in [0.25, 0.3) is 0 Å². The minimum absolute atomic E-state index is 0.195. The summed E-state index contributed by atoms with van der Waals surface area (Å²) in [6.45, 7) is -0.338. The molecule has 1 amide bonds. The molecule has 1 aromatic rings. The second kappa shape index (κ2) is 5.50. The number of carbonyl (C=O) groups excluding carboxylic acids is 1. The predicted molar refractivity (Wildman–Crippen MR) is 58.5 cm³/mol. The number of halogens is 1. The third kappa shape index (κ3) is 4.60. The molecule has 0 spiro atoms. The Morgan fingerprint density at radius 1 is 1.27 bits per heavy atom. The molecule has 80 valence electrons. The molecule has 1 rings (SSSR count). The highest BCUT2D eigenvalue weighted by Crippen LogP contribution is 2.10. The quantitative estimate of drug-likeness (QED) is 0.865. The molecule has 0 saturated carbocycles. The molecule has 4 nitrogen and oxygen atoms in total. The number of nitrogens with one attached hydrogen (secondary N) is 1. The third-order valence-corrected chi connectivity index (χ3v) is 2.24. The maximum atomic E-state index is 11.2. The van der Waals surface area contributed by atoms with Crippen molar-refractivity contribution in [1.29, 1.82) is 0 Å². The molecule has 0 unspecified atom stereocenters. The van der Waals surface area contributed by atoms with Crippen LogP contribution in [0.5, 0.6) is 0 Å². The molecule has 0 aromatic heterocycles. The molecule has 0 bridgehead atoms. The molecule has 0 atom stereocenters. The number of hydrogen-bond donors (Lipinski definition) is 2. The van der Waals surface area contributed by atoms with Crippen LogP contribution in [0.25, 0.3) is 0 Å². The van der Waals surface area contributed by atoms with E-state index < -0.39 is 5.97 Å². The fraction of sp³-hybridized carbons (Fsp3) is 0.200. The molecule has 0 aliphatic rings. The van der Waals surface area contributed by atoms with E-state index in [0.717, 1.165) is 10.0 Å². The van der Waals surface area contributed by atoms with Gasteiger partial charge in [0.15, 0.2) is 0 Å². The van der Waals surface area contributed by atoms with Crippen LogP contribution >= 0.6 is 15.9 Å². The molecule has 0 aliphatic carbocycles. The molecule has 1 aromatic carbocycles. The normalized spacial score (nSPS) is 9.67. The van der Waals surface area contributed by atoms with Crippen LogP contribution < -0.4 is 5.32 Å². The Kier molecular flexibility index (Phi) is 4.30. The number of carbonyl (C=O) groups is 2. The Morgan fingerprint density at radius 2 is 1.87 bits per heavy atom. The van der Waals surface area contributed by atoms with Crippen LogP contribution in [0.1, 0.15) is 5.56 Å². The van der Waals surface area contributed by atoms with E-state index >= 15 is 0 Å². The maximum Gasteiger partial charge on any atom is 0.322 e. The number of rotatable bonds is 4. The molecule has 0 radical (unpaired) electrons. The van der Waals surface area contributed by atoms with Crippen molar-refractivity contribution in [2.24, 2.45) is 0 Å². The lowest BCUT2D eigenvalue weighted by Crippen LogP contribution is -2.30. The summed E-state index contributed by atoms with van der Waals surface area (Å²) < 4.78 is 0.942. The van der Waals surface area contributed by atoms with Gasteiger partial charge >= 0.3 is 5.97 Å². The summed E-state index contributed by atoms with van der Waals surface area (Å²) in [5, 5.41) is 10.6. The number of benzene rings is 1. The van der Waals surface area contributed by atoms with Crippen LogP contribution in [0.3, 0.4) is 0 Å². The molecule has 2 N–H and O–H groups in total. The third-order valence-electron chi connectivity index (χ3n) is 1.71. The molecule has 0 saturated heterocycles. The molecular weight excluding hydrogens is 262 g/mol. The Balaban J connectivity index is 2.44. The van der Waals surface area contributed by atoms with Gasteiger partial charge in [0.05, 0.1) is 6.42 Å². The zero-order valence-corrected chi connectivity index (χ0v) is 9.45. The topological polar surface area (TPSA) is 66.4 Å². The van der Waals surface area contributed by atoms with Gasteiger partial charge in [0.2, 0.25) is 5.91 Å². The Morgan fingerprint density at radius 3 is 2.40 bits per heavy atom. The van der Waals surface area contributed by atoms with Gasteiger partial charge in [-0.25, -0.2) is 0 Å². The molecule has 5 heteroatoms. The second-order valence-corrected chi connectivity index (χ2v) is 3.89. The minimum Gasteiger partial charge on any atom is -0.480 e. The first-order valence-electron chi connectivity index (χ1n) is 4.31. The van der Waals surface area contributed by atoms with Crippen molar-refractivity contribution in [2.45, 2.75) is 6.42 Å². The van der Waals surface area contributed by atoms with E-state index in [1.807, 2.05) is 24.3 Å². The van der Waals surface area contributed by atoms with E-state index in [2.05, 4.69) is 21.2 Å². The van der Waals surface area contributed by atoms with Gasteiger partial charge in [0, 0.05) is 4.47 Å². The van der Waals surface area contributed by atoms with Crippen molar-refractivity contribution in [3.05, 3.63) is 34.3 Å². The highest BCUT2D eigenvalue weighted by Gasteiger charge is 2.04. The van der Waals surface area contributed by atoms with Crippen molar-refractivity contribution >= 4 is 27.8 Å². The number of carboxylic acids is 1. The van der Waals surface area contributed by atoms with Gasteiger partial charge in [-0.15, -0.1) is 0 Å². The van der Waals surface area contributed by atoms with E-state index in [1.54, 1.807) is 0 Å². The van der Waals surface area contributed by atoms with Gasteiger partial charge in [-0.1, -0.05) is 28.1 Å². The number of carboxylic acid groups (broad SMARTS) is 1. The number of amides is 1. The lowest BCUT2D eigenvalue weighted by atomic mass is 10.1. The first kappa shape index (κ1) is 11.7. The smallest absolute Gasteiger partial charge is 0.322 e. The zero-order valence-electron chi connectivity index (χ0n) is 7.87. The summed E-state index contributed by atoms with van der Waals surface area (Å²) in [5.74, 6) is -1.33. The van der Waals surface area contributed by atoms with Crippen molar-refractivity contribution in [3.8, 4) is 0 Å². The van der Waals surface area contributed by atoms with Gasteiger partial charge in [-0.05, 0) is 17.7 Å². The van der Waals surface area contributed by atoms with Gasteiger partial charge in [0.1, 0.15) is 6.54 Å². The summed E-state index contributed by atoms with van der Waals surface area (Å²) in [5.41, 5.74) is 0.848. The first-order chi connectivity index (χ1) is 7.08. The second-order valence-electron chi connectivity index (χ2n) is 2.97. The van der Waals surface area contributed by atoms with Crippen LogP contribution in [0.2, 0.25) is 0 Å². The lowest BCUT2D eigenvalue weighted by Gasteiger charge is -2.02. The SMILES string of the molecule is O=C(O)CNC(=O)Cc1ccc(Br)cc1. The van der Waals surface area contributed by atoms with E-state index in [9.17, 15) is 9.59 Å². The fourth-order valence-corrected chi connectivity index (χ4v) is 1.29. The Hall–Kier alpha value is -1.36. The van der Waals surface area contributed by atoms with Crippen molar-refractivity contribution in [2.75, 3.05) is 6.54 Å². The summed E-state index contributed by atoms with van der Waals surface area (Å²) >= 11 is 3.28. The van der Waals surface area contributed by atoms with E-state index in [1.165, 1.54) is 0 Å². The molecule has 0 aliphatic heterocycles. The first-order valence-corrected chi connectivity index (χ1v) is 5.10. The number of aliphatic carboxylic acids is 1. The van der Waals surface area contributed by atoms with Gasteiger partial charge < -0.3 is 10.4 Å². The Labute approximate surface area is 95.4 Å². The average molecular weight is 272 g/mol. The van der Waals surface area contributed by atoms with Crippen LogP contribution in [0, 0.1) is 0 Å². The molecule has 0 heterocycles.